The van der Waals surface area contributed by atoms with Crippen LogP contribution in [0.25, 0.3) is 0 Å². The fraction of sp³-hybridized carbons (Fsp3) is 1.00. The maximum Gasteiger partial charge on any atom is 0.0333 e. The molecule has 2 saturated carbocycles. The minimum Gasteiger partial charge on any atom is -0.315 e. The lowest BCUT2D eigenvalue weighted by Crippen LogP contribution is -2.57. The van der Waals surface area contributed by atoms with Crippen LogP contribution in [0.4, 0.5) is 0 Å². The molecule has 1 heterocycles. The number of nitrogens with one attached hydrogen (secondary N) is 1. The monoisotopic (exact) mass is 250 g/mol. The van der Waals surface area contributed by atoms with E-state index < -0.39 is 0 Å². The molecule has 3 fully saturated rings. The van der Waals surface area contributed by atoms with Gasteiger partial charge in [0.05, 0.1) is 0 Å². The Kier molecular flexibility index (Phi) is 4.25. The summed E-state index contributed by atoms with van der Waals surface area (Å²) in [5, 5.41) is 3.81. The first-order valence-corrected chi connectivity index (χ1v) is 8.35. The molecular weight excluding hydrogens is 220 g/mol. The van der Waals surface area contributed by atoms with E-state index in [1.807, 2.05) is 0 Å². The van der Waals surface area contributed by atoms with Crippen LogP contribution < -0.4 is 5.32 Å². The number of hydrogen-bond donors (Lipinski definition) is 1. The summed E-state index contributed by atoms with van der Waals surface area (Å²) in [7, 11) is 0. The third-order valence-corrected chi connectivity index (χ3v) is 5.40. The van der Waals surface area contributed by atoms with Crippen molar-refractivity contribution in [2.75, 3.05) is 26.2 Å². The second-order valence-corrected chi connectivity index (χ2v) is 6.91. The number of likely N-dealkylation sites (tertiary alicyclic amines) is 1. The second kappa shape index (κ2) is 5.92. The van der Waals surface area contributed by atoms with Crippen molar-refractivity contribution in [1.29, 1.82) is 0 Å². The molecule has 0 unspecified atom stereocenters. The van der Waals surface area contributed by atoms with E-state index in [1.165, 1.54) is 90.4 Å². The van der Waals surface area contributed by atoms with Crippen LogP contribution in [0.1, 0.15) is 64.2 Å². The van der Waals surface area contributed by atoms with Gasteiger partial charge in [-0.25, -0.2) is 0 Å². The molecule has 3 aliphatic rings. The van der Waals surface area contributed by atoms with E-state index in [-0.39, 0.29) is 0 Å². The molecule has 0 atom stereocenters. The summed E-state index contributed by atoms with van der Waals surface area (Å²) in [4.78, 5) is 2.86. The molecule has 2 nitrogen and oxygen atoms in total. The van der Waals surface area contributed by atoms with Crippen LogP contribution in [-0.2, 0) is 0 Å². The second-order valence-electron chi connectivity index (χ2n) is 6.91. The fourth-order valence-electron chi connectivity index (χ4n) is 4.01. The van der Waals surface area contributed by atoms with Crippen molar-refractivity contribution in [3.8, 4) is 0 Å². The highest BCUT2D eigenvalue weighted by atomic mass is 15.2. The summed E-state index contributed by atoms with van der Waals surface area (Å²) in [6.45, 7) is 5.29. The van der Waals surface area contributed by atoms with Gasteiger partial charge in [0.25, 0.3) is 0 Å². The van der Waals surface area contributed by atoms with E-state index in [0.29, 0.717) is 5.54 Å². The maximum atomic E-state index is 3.81. The van der Waals surface area contributed by atoms with Gasteiger partial charge in [-0.05, 0) is 64.1 Å². The van der Waals surface area contributed by atoms with Crippen molar-refractivity contribution < 1.29 is 0 Å². The van der Waals surface area contributed by atoms with Gasteiger partial charge in [0.15, 0.2) is 0 Å². The number of hydrogen-bond acceptors (Lipinski definition) is 2. The molecule has 1 saturated heterocycles. The quantitative estimate of drug-likeness (QED) is 0.806. The van der Waals surface area contributed by atoms with Crippen molar-refractivity contribution in [2.24, 2.45) is 5.92 Å². The van der Waals surface area contributed by atoms with Crippen LogP contribution in [0.3, 0.4) is 0 Å². The largest absolute Gasteiger partial charge is 0.315 e. The first kappa shape index (κ1) is 12.9. The summed E-state index contributed by atoms with van der Waals surface area (Å²) < 4.78 is 0. The Morgan fingerprint density at radius 1 is 0.889 bits per heavy atom. The number of piperidine rings is 1. The van der Waals surface area contributed by atoms with Crippen molar-refractivity contribution in [3.05, 3.63) is 0 Å². The van der Waals surface area contributed by atoms with E-state index in [1.54, 1.807) is 0 Å². The molecule has 1 N–H and O–H groups in total. The highest BCUT2D eigenvalue weighted by molar-refractivity contribution is 4.96. The summed E-state index contributed by atoms with van der Waals surface area (Å²) in [5.41, 5.74) is 0.535. The first-order valence-electron chi connectivity index (χ1n) is 8.35. The summed E-state index contributed by atoms with van der Waals surface area (Å²) in [6.07, 6.45) is 14.6. The lowest BCUT2D eigenvalue weighted by atomic mass is 9.79. The maximum absolute atomic E-state index is 3.81. The lowest BCUT2D eigenvalue weighted by Gasteiger charge is -2.48. The standard InChI is InChI=1S/C16H30N2/c1-3-9-16(10-4-1,14-17-13-15-7-8-15)18-11-5-2-6-12-18/h15,17H,1-14H2. The normalized spacial score (nSPS) is 29.3. The molecule has 2 heteroatoms. The third-order valence-electron chi connectivity index (χ3n) is 5.40. The Labute approximate surface area is 113 Å². The predicted molar refractivity (Wildman–Crippen MR) is 76.8 cm³/mol. The van der Waals surface area contributed by atoms with E-state index in [4.69, 9.17) is 0 Å². The summed E-state index contributed by atoms with van der Waals surface area (Å²) >= 11 is 0. The molecular formula is C16H30N2. The lowest BCUT2D eigenvalue weighted by molar-refractivity contribution is 0.0335. The Bertz CT molecular complexity index is 248. The van der Waals surface area contributed by atoms with Gasteiger partial charge in [0, 0.05) is 12.1 Å². The van der Waals surface area contributed by atoms with Gasteiger partial charge in [-0.3, -0.25) is 4.90 Å². The zero-order valence-electron chi connectivity index (χ0n) is 11.9. The molecule has 0 aromatic heterocycles. The molecule has 0 aromatic rings. The summed E-state index contributed by atoms with van der Waals surface area (Å²) in [6, 6.07) is 0. The predicted octanol–water partition coefficient (Wildman–Crippen LogP) is 3.17. The number of rotatable bonds is 5. The molecule has 0 aromatic carbocycles. The molecule has 18 heavy (non-hydrogen) atoms. The molecule has 1 aliphatic heterocycles. The highest BCUT2D eigenvalue weighted by Gasteiger charge is 2.38. The first-order chi connectivity index (χ1) is 8.89. The van der Waals surface area contributed by atoms with E-state index >= 15 is 0 Å². The Hall–Kier alpha value is -0.0800. The molecule has 0 amide bonds. The van der Waals surface area contributed by atoms with Gasteiger partial charge in [-0.2, -0.15) is 0 Å². The average Bonchev–Trinajstić information content (AvgIpc) is 3.25. The van der Waals surface area contributed by atoms with Crippen LogP contribution in [0, 0.1) is 5.92 Å². The van der Waals surface area contributed by atoms with Crippen molar-refractivity contribution >= 4 is 0 Å². The van der Waals surface area contributed by atoms with Gasteiger partial charge in [0.2, 0.25) is 0 Å². The van der Waals surface area contributed by atoms with Gasteiger partial charge in [-0.15, -0.1) is 0 Å². The zero-order chi connectivity index (χ0) is 12.3. The van der Waals surface area contributed by atoms with Crippen LogP contribution >= 0.6 is 0 Å². The topological polar surface area (TPSA) is 15.3 Å². The third kappa shape index (κ3) is 3.08. The highest BCUT2D eigenvalue weighted by Crippen LogP contribution is 2.35. The van der Waals surface area contributed by atoms with Crippen molar-refractivity contribution in [2.45, 2.75) is 69.7 Å². The Balaban J connectivity index is 1.57. The Morgan fingerprint density at radius 3 is 2.22 bits per heavy atom. The van der Waals surface area contributed by atoms with Gasteiger partial charge in [-0.1, -0.05) is 25.7 Å². The van der Waals surface area contributed by atoms with E-state index in [9.17, 15) is 0 Å². The fourth-order valence-corrected chi connectivity index (χ4v) is 4.01. The number of nitrogens with zero attached hydrogens (tertiary/aromatic N) is 1. The minimum atomic E-state index is 0.535. The molecule has 3 rings (SSSR count). The molecule has 2 aliphatic carbocycles. The smallest absolute Gasteiger partial charge is 0.0333 e. The van der Waals surface area contributed by atoms with E-state index in [0.717, 1.165) is 5.92 Å². The zero-order valence-corrected chi connectivity index (χ0v) is 11.9. The molecule has 104 valence electrons. The van der Waals surface area contributed by atoms with Crippen molar-refractivity contribution in [3.63, 3.8) is 0 Å². The van der Waals surface area contributed by atoms with Crippen LogP contribution in [0.5, 0.6) is 0 Å². The minimum absolute atomic E-state index is 0.535. The van der Waals surface area contributed by atoms with Gasteiger partial charge in [0.1, 0.15) is 0 Å². The average molecular weight is 250 g/mol. The molecule has 0 bridgehead atoms. The Morgan fingerprint density at radius 2 is 1.56 bits per heavy atom. The van der Waals surface area contributed by atoms with Gasteiger partial charge < -0.3 is 5.32 Å². The molecule has 0 radical (unpaired) electrons. The SMILES string of the molecule is C1CCN(C2(CNCC3CC3)CCCCC2)CC1. The van der Waals surface area contributed by atoms with Crippen LogP contribution in [0.2, 0.25) is 0 Å². The molecule has 0 spiro atoms. The van der Waals surface area contributed by atoms with Gasteiger partial charge >= 0.3 is 0 Å². The van der Waals surface area contributed by atoms with Crippen LogP contribution in [-0.4, -0.2) is 36.6 Å². The van der Waals surface area contributed by atoms with Crippen LogP contribution in [0.15, 0.2) is 0 Å². The van der Waals surface area contributed by atoms with Crippen molar-refractivity contribution in [1.82, 2.24) is 10.2 Å². The summed E-state index contributed by atoms with van der Waals surface area (Å²) in [5.74, 6) is 1.02. The van der Waals surface area contributed by atoms with E-state index in [2.05, 4.69) is 10.2 Å².